The third kappa shape index (κ3) is 11.2. The second-order valence-corrected chi connectivity index (χ2v) is 2.88. The Bertz CT molecular complexity index is 155. The smallest absolute Gasteiger partial charge is 0.245 e. The van der Waals surface area contributed by atoms with Crippen LogP contribution in [0.1, 0.15) is 6.42 Å². The predicted molar refractivity (Wildman–Crippen MR) is 55.4 cm³/mol. The van der Waals surface area contributed by atoms with Crippen LogP contribution in [0.15, 0.2) is 0 Å². The molecule has 0 fully saturated rings. The van der Waals surface area contributed by atoms with Crippen LogP contribution in [0.25, 0.3) is 0 Å². The average Bonchev–Trinajstić information content (AvgIpc) is 2.23. The Morgan fingerprint density at radius 2 is 2.07 bits per heavy atom. The van der Waals surface area contributed by atoms with Gasteiger partial charge in [-0.2, -0.15) is 0 Å². The zero-order valence-corrected chi connectivity index (χ0v) is 8.91. The lowest BCUT2D eigenvalue weighted by Crippen LogP contribution is -2.29. The molecule has 90 valence electrons. The second-order valence-electron chi connectivity index (χ2n) is 2.88. The molecular weight excluding hydrogens is 200 g/mol. The molecule has 0 spiro atoms. The minimum absolute atomic E-state index is 0.0271. The molecule has 1 amide bonds. The van der Waals surface area contributed by atoms with Gasteiger partial charge in [-0.05, 0) is 6.42 Å². The van der Waals surface area contributed by atoms with Gasteiger partial charge in [-0.15, -0.1) is 0 Å². The van der Waals surface area contributed by atoms with Crippen LogP contribution < -0.4 is 11.1 Å². The fraction of sp³-hybridized carbons (Fsp3) is 0.889. The van der Waals surface area contributed by atoms with Crippen molar-refractivity contribution < 1.29 is 19.4 Å². The zero-order chi connectivity index (χ0) is 11.4. The van der Waals surface area contributed by atoms with Gasteiger partial charge in [0, 0.05) is 19.7 Å². The van der Waals surface area contributed by atoms with Gasteiger partial charge in [0.1, 0.15) is 6.61 Å². The van der Waals surface area contributed by atoms with Gasteiger partial charge in [0.25, 0.3) is 0 Å². The lowest BCUT2D eigenvalue weighted by Gasteiger charge is -2.05. The van der Waals surface area contributed by atoms with Gasteiger partial charge in [0.05, 0.1) is 19.8 Å². The molecule has 0 unspecified atom stereocenters. The van der Waals surface area contributed by atoms with Crippen molar-refractivity contribution >= 4 is 5.91 Å². The first kappa shape index (κ1) is 14.3. The van der Waals surface area contributed by atoms with Crippen molar-refractivity contribution in [2.24, 2.45) is 5.73 Å². The van der Waals surface area contributed by atoms with Crippen LogP contribution in [0.4, 0.5) is 0 Å². The largest absolute Gasteiger partial charge is 0.394 e. The van der Waals surface area contributed by atoms with E-state index < -0.39 is 0 Å². The molecule has 4 N–H and O–H groups in total. The number of rotatable bonds is 10. The van der Waals surface area contributed by atoms with E-state index in [4.69, 9.17) is 20.3 Å². The van der Waals surface area contributed by atoms with E-state index in [9.17, 15) is 4.79 Å². The topological polar surface area (TPSA) is 93.8 Å². The van der Waals surface area contributed by atoms with Crippen molar-refractivity contribution in [3.8, 4) is 0 Å². The molecule has 15 heavy (non-hydrogen) atoms. The van der Waals surface area contributed by atoms with E-state index in [0.717, 1.165) is 6.42 Å². The summed E-state index contributed by atoms with van der Waals surface area (Å²) in [5.74, 6) is -0.148. The number of carbonyl (C=O) groups excluding carboxylic acids is 1. The molecule has 0 rings (SSSR count). The van der Waals surface area contributed by atoms with Crippen LogP contribution in [-0.2, 0) is 14.3 Å². The van der Waals surface area contributed by atoms with Crippen LogP contribution in [0.3, 0.4) is 0 Å². The molecule has 0 aliphatic heterocycles. The number of amides is 1. The Balaban J connectivity index is 3.10. The highest BCUT2D eigenvalue weighted by atomic mass is 16.5. The van der Waals surface area contributed by atoms with Gasteiger partial charge in [0.15, 0.2) is 0 Å². The van der Waals surface area contributed by atoms with Crippen molar-refractivity contribution in [2.75, 3.05) is 46.1 Å². The highest BCUT2D eigenvalue weighted by molar-refractivity contribution is 5.77. The molecule has 0 aromatic rings. The third-order valence-electron chi connectivity index (χ3n) is 1.52. The van der Waals surface area contributed by atoms with Crippen LogP contribution in [0.5, 0.6) is 0 Å². The Kier molecular flexibility index (Phi) is 10.9. The average molecular weight is 220 g/mol. The Morgan fingerprint density at radius 1 is 1.27 bits per heavy atom. The van der Waals surface area contributed by atoms with E-state index in [1.807, 2.05) is 0 Å². The number of carbonyl (C=O) groups is 1. The summed E-state index contributed by atoms with van der Waals surface area (Å²) < 4.78 is 9.95. The molecule has 0 aliphatic rings. The van der Waals surface area contributed by atoms with Crippen molar-refractivity contribution in [2.45, 2.75) is 6.42 Å². The summed E-state index contributed by atoms with van der Waals surface area (Å²) in [4.78, 5) is 11.0. The van der Waals surface area contributed by atoms with E-state index >= 15 is 0 Å². The molecule has 0 saturated carbocycles. The number of aliphatic hydroxyl groups excluding tert-OH is 1. The molecule has 0 heterocycles. The lowest BCUT2D eigenvalue weighted by molar-refractivity contribution is -0.125. The van der Waals surface area contributed by atoms with Crippen LogP contribution in [0, 0.1) is 0 Å². The van der Waals surface area contributed by atoms with Crippen LogP contribution >= 0.6 is 0 Å². The van der Waals surface area contributed by atoms with Gasteiger partial charge < -0.3 is 25.6 Å². The Labute approximate surface area is 89.7 Å². The summed E-state index contributed by atoms with van der Waals surface area (Å²) in [6, 6.07) is 0. The molecule has 0 radical (unpaired) electrons. The first-order chi connectivity index (χ1) is 7.31. The van der Waals surface area contributed by atoms with Gasteiger partial charge in [0.2, 0.25) is 5.91 Å². The maximum atomic E-state index is 11.0. The molecule has 0 atom stereocenters. The lowest BCUT2D eigenvalue weighted by atomic mass is 10.4. The number of aliphatic hydroxyl groups is 1. The summed E-state index contributed by atoms with van der Waals surface area (Å²) in [5.41, 5.74) is 5.19. The van der Waals surface area contributed by atoms with Gasteiger partial charge in [-0.1, -0.05) is 0 Å². The first-order valence-corrected chi connectivity index (χ1v) is 5.04. The van der Waals surface area contributed by atoms with Crippen molar-refractivity contribution in [3.05, 3.63) is 0 Å². The molecule has 0 aliphatic carbocycles. The standard InChI is InChI=1S/C9H20N2O4/c10-2-6-15-8-9(13)11-3-1-5-14-7-4-12/h12H,1-8,10H2,(H,11,13). The third-order valence-corrected chi connectivity index (χ3v) is 1.52. The normalized spacial score (nSPS) is 10.3. The first-order valence-electron chi connectivity index (χ1n) is 5.04. The zero-order valence-electron chi connectivity index (χ0n) is 8.91. The maximum absolute atomic E-state index is 11.0. The Morgan fingerprint density at radius 3 is 2.73 bits per heavy atom. The predicted octanol–water partition coefficient (Wildman–Crippen LogP) is -1.52. The summed E-state index contributed by atoms with van der Waals surface area (Å²) in [6.45, 7) is 2.32. The van der Waals surface area contributed by atoms with Crippen LogP contribution in [0.2, 0.25) is 0 Å². The molecule has 0 saturated heterocycles. The van der Waals surface area contributed by atoms with E-state index in [2.05, 4.69) is 5.32 Å². The second kappa shape index (κ2) is 11.4. The minimum atomic E-state index is -0.148. The van der Waals surface area contributed by atoms with Crippen molar-refractivity contribution in [1.82, 2.24) is 5.32 Å². The van der Waals surface area contributed by atoms with Gasteiger partial charge >= 0.3 is 0 Å². The minimum Gasteiger partial charge on any atom is -0.394 e. The monoisotopic (exact) mass is 220 g/mol. The van der Waals surface area contributed by atoms with E-state index in [0.29, 0.717) is 32.9 Å². The number of ether oxygens (including phenoxy) is 2. The number of hydrogen-bond acceptors (Lipinski definition) is 5. The maximum Gasteiger partial charge on any atom is 0.245 e. The van der Waals surface area contributed by atoms with E-state index in [-0.39, 0.29) is 19.1 Å². The number of hydrogen-bond donors (Lipinski definition) is 3. The summed E-state index contributed by atoms with van der Waals surface area (Å²) in [7, 11) is 0. The van der Waals surface area contributed by atoms with E-state index in [1.165, 1.54) is 0 Å². The SMILES string of the molecule is NCCOCC(=O)NCCCOCCO. The fourth-order valence-corrected chi connectivity index (χ4v) is 0.868. The van der Waals surface area contributed by atoms with Crippen LogP contribution in [-0.4, -0.2) is 57.1 Å². The highest BCUT2D eigenvalue weighted by Gasteiger charge is 1.99. The van der Waals surface area contributed by atoms with E-state index in [1.54, 1.807) is 0 Å². The van der Waals surface area contributed by atoms with Crippen molar-refractivity contribution in [3.63, 3.8) is 0 Å². The Hall–Kier alpha value is -0.690. The number of nitrogens with one attached hydrogen (secondary N) is 1. The quantitative estimate of drug-likeness (QED) is 0.389. The van der Waals surface area contributed by atoms with Gasteiger partial charge in [-0.25, -0.2) is 0 Å². The van der Waals surface area contributed by atoms with Crippen molar-refractivity contribution in [1.29, 1.82) is 0 Å². The summed E-state index contributed by atoms with van der Waals surface area (Å²) >= 11 is 0. The molecular formula is C9H20N2O4. The summed E-state index contributed by atoms with van der Waals surface area (Å²) in [5, 5.41) is 11.1. The van der Waals surface area contributed by atoms with Gasteiger partial charge in [-0.3, -0.25) is 4.79 Å². The number of nitrogens with two attached hydrogens (primary N) is 1. The molecule has 0 bridgehead atoms. The highest BCUT2D eigenvalue weighted by Crippen LogP contribution is 1.81. The molecule has 6 heteroatoms. The fourth-order valence-electron chi connectivity index (χ4n) is 0.868. The molecule has 0 aromatic heterocycles. The molecule has 0 aromatic carbocycles. The summed E-state index contributed by atoms with van der Waals surface area (Å²) in [6.07, 6.45) is 0.725. The molecule has 6 nitrogen and oxygen atoms in total.